The van der Waals surface area contributed by atoms with Gasteiger partial charge in [-0.05, 0) is 42.3 Å². The molecule has 1 unspecified atom stereocenters. The molecule has 1 aliphatic heterocycles. The van der Waals surface area contributed by atoms with E-state index in [9.17, 15) is 4.79 Å². The van der Waals surface area contributed by atoms with Crippen LogP contribution in [-0.4, -0.2) is 30.2 Å². The number of benzene rings is 2. The summed E-state index contributed by atoms with van der Waals surface area (Å²) >= 11 is 11.3. The summed E-state index contributed by atoms with van der Waals surface area (Å²) in [7, 11) is 1.66. The van der Waals surface area contributed by atoms with Gasteiger partial charge in [0.05, 0.1) is 7.11 Å². The lowest BCUT2D eigenvalue weighted by Crippen LogP contribution is -2.30. The van der Waals surface area contributed by atoms with Crippen molar-refractivity contribution in [1.82, 2.24) is 4.90 Å². The number of aryl methyl sites for hydroxylation is 1. The van der Waals surface area contributed by atoms with Crippen LogP contribution in [0, 0.1) is 0 Å². The van der Waals surface area contributed by atoms with Gasteiger partial charge in [0.1, 0.15) is 11.1 Å². The number of amides is 1. The zero-order valence-corrected chi connectivity index (χ0v) is 17.0. The van der Waals surface area contributed by atoms with E-state index in [-0.39, 0.29) is 11.3 Å². The molecular formula is C19H19BrClNO2S. The third-order valence-electron chi connectivity index (χ3n) is 4.19. The van der Waals surface area contributed by atoms with Crippen molar-refractivity contribution in [2.24, 2.45) is 0 Å². The van der Waals surface area contributed by atoms with E-state index in [4.69, 9.17) is 16.3 Å². The zero-order chi connectivity index (χ0) is 17.8. The van der Waals surface area contributed by atoms with Gasteiger partial charge >= 0.3 is 0 Å². The highest BCUT2D eigenvalue weighted by atomic mass is 79.9. The Balaban J connectivity index is 1.73. The molecular weight excluding hydrogens is 422 g/mol. The first kappa shape index (κ1) is 18.6. The number of carbonyl (C=O) groups excluding carboxylic acids is 1. The standard InChI is InChI=1S/C19H19BrClNO2S/c1-24-17-7-6-14(20)12-16(17)19-22(9-10-25-19)18(23)8-5-13-3-2-4-15(21)11-13/h2-4,6-7,11-12,19H,5,8-10H2,1H3. The molecule has 6 heteroatoms. The van der Waals surface area contributed by atoms with E-state index in [1.807, 2.05) is 47.4 Å². The van der Waals surface area contributed by atoms with Crippen molar-refractivity contribution < 1.29 is 9.53 Å². The largest absolute Gasteiger partial charge is 0.496 e. The lowest BCUT2D eigenvalue weighted by atomic mass is 10.1. The monoisotopic (exact) mass is 439 g/mol. The van der Waals surface area contributed by atoms with Gasteiger partial charge in [0, 0.05) is 33.8 Å². The van der Waals surface area contributed by atoms with Gasteiger partial charge in [-0.3, -0.25) is 4.79 Å². The molecule has 2 aromatic rings. The smallest absolute Gasteiger partial charge is 0.224 e. The summed E-state index contributed by atoms with van der Waals surface area (Å²) in [5, 5.41) is 0.706. The summed E-state index contributed by atoms with van der Waals surface area (Å²) in [4.78, 5) is 14.8. The van der Waals surface area contributed by atoms with Crippen LogP contribution in [0.2, 0.25) is 5.02 Å². The quantitative estimate of drug-likeness (QED) is 0.630. The molecule has 0 saturated carbocycles. The second kappa shape index (κ2) is 8.47. The van der Waals surface area contributed by atoms with Crippen LogP contribution < -0.4 is 4.74 Å². The van der Waals surface area contributed by atoms with Crippen molar-refractivity contribution >= 4 is 45.2 Å². The molecule has 0 radical (unpaired) electrons. The molecule has 0 aliphatic carbocycles. The Morgan fingerprint density at radius 3 is 2.96 bits per heavy atom. The van der Waals surface area contributed by atoms with Crippen LogP contribution in [0.15, 0.2) is 46.9 Å². The number of hydrogen-bond donors (Lipinski definition) is 0. The van der Waals surface area contributed by atoms with E-state index >= 15 is 0 Å². The molecule has 1 heterocycles. The highest BCUT2D eigenvalue weighted by Gasteiger charge is 2.32. The number of nitrogens with zero attached hydrogens (tertiary/aromatic N) is 1. The number of methoxy groups -OCH3 is 1. The highest BCUT2D eigenvalue weighted by Crippen LogP contribution is 2.43. The molecule has 1 atom stereocenters. The van der Waals surface area contributed by atoms with Gasteiger partial charge in [-0.1, -0.05) is 39.7 Å². The topological polar surface area (TPSA) is 29.5 Å². The minimum atomic E-state index is -0.000638. The van der Waals surface area contributed by atoms with Gasteiger partial charge in [0.2, 0.25) is 5.91 Å². The van der Waals surface area contributed by atoms with Gasteiger partial charge in [-0.25, -0.2) is 0 Å². The van der Waals surface area contributed by atoms with Gasteiger partial charge in [-0.15, -0.1) is 11.8 Å². The van der Waals surface area contributed by atoms with E-state index in [0.717, 1.165) is 33.6 Å². The minimum Gasteiger partial charge on any atom is -0.496 e. The number of ether oxygens (including phenoxy) is 1. The Labute approximate surface area is 165 Å². The zero-order valence-electron chi connectivity index (χ0n) is 13.9. The molecule has 132 valence electrons. The predicted octanol–water partition coefficient (Wildman–Crippen LogP) is 5.32. The van der Waals surface area contributed by atoms with Crippen molar-refractivity contribution in [3.63, 3.8) is 0 Å². The molecule has 3 nitrogen and oxygen atoms in total. The van der Waals surface area contributed by atoms with Crippen LogP contribution in [0.5, 0.6) is 5.75 Å². The maximum atomic E-state index is 12.8. The van der Waals surface area contributed by atoms with Crippen LogP contribution in [0.4, 0.5) is 0 Å². The highest BCUT2D eigenvalue weighted by molar-refractivity contribution is 9.10. The Morgan fingerprint density at radius 1 is 1.36 bits per heavy atom. The maximum Gasteiger partial charge on any atom is 0.224 e. The predicted molar refractivity (Wildman–Crippen MR) is 107 cm³/mol. The van der Waals surface area contributed by atoms with Gasteiger partial charge in [0.25, 0.3) is 0 Å². The van der Waals surface area contributed by atoms with Crippen molar-refractivity contribution in [2.75, 3.05) is 19.4 Å². The van der Waals surface area contributed by atoms with Crippen LogP contribution >= 0.6 is 39.3 Å². The first-order chi connectivity index (χ1) is 12.1. The molecule has 0 spiro atoms. The average molecular weight is 441 g/mol. The van der Waals surface area contributed by atoms with Crippen molar-refractivity contribution in [2.45, 2.75) is 18.2 Å². The first-order valence-electron chi connectivity index (χ1n) is 8.07. The number of thioether (sulfide) groups is 1. The maximum absolute atomic E-state index is 12.8. The molecule has 1 fully saturated rings. The first-order valence-corrected chi connectivity index (χ1v) is 10.3. The number of hydrogen-bond acceptors (Lipinski definition) is 3. The van der Waals surface area contributed by atoms with Crippen LogP contribution in [0.1, 0.15) is 22.9 Å². The lowest BCUT2D eigenvalue weighted by Gasteiger charge is -2.25. The Hall–Kier alpha value is -1.17. The third-order valence-corrected chi connectivity index (χ3v) is 6.16. The van der Waals surface area contributed by atoms with Crippen LogP contribution in [0.25, 0.3) is 0 Å². The summed E-state index contributed by atoms with van der Waals surface area (Å²) in [6, 6.07) is 13.6. The van der Waals surface area contributed by atoms with Gasteiger partial charge in [0.15, 0.2) is 0 Å². The fraction of sp³-hybridized carbons (Fsp3) is 0.316. The molecule has 1 saturated heterocycles. The Bertz CT molecular complexity index is 771. The van der Waals surface area contributed by atoms with Crippen LogP contribution in [0.3, 0.4) is 0 Å². The fourth-order valence-corrected chi connectivity index (χ4v) is 4.85. The summed E-state index contributed by atoms with van der Waals surface area (Å²) in [6.07, 6.45) is 1.18. The SMILES string of the molecule is COc1ccc(Br)cc1C1SCCN1C(=O)CCc1cccc(Cl)c1. The van der Waals surface area contributed by atoms with E-state index in [2.05, 4.69) is 15.9 Å². The third kappa shape index (κ3) is 4.52. The minimum absolute atomic E-state index is 0.000638. The second-order valence-electron chi connectivity index (χ2n) is 5.83. The van der Waals surface area contributed by atoms with Gasteiger partial charge in [-0.2, -0.15) is 0 Å². The summed E-state index contributed by atoms with van der Waals surface area (Å²) < 4.78 is 6.48. The number of rotatable bonds is 5. The van der Waals surface area contributed by atoms with Crippen molar-refractivity contribution in [3.8, 4) is 5.75 Å². The van der Waals surface area contributed by atoms with E-state index in [1.54, 1.807) is 18.9 Å². The van der Waals surface area contributed by atoms with Gasteiger partial charge < -0.3 is 9.64 Å². The molecule has 2 aromatic carbocycles. The fourth-order valence-electron chi connectivity index (χ4n) is 2.97. The molecule has 0 N–H and O–H groups in total. The summed E-state index contributed by atoms with van der Waals surface area (Å²) in [6.45, 7) is 0.763. The van der Waals surface area contributed by atoms with Crippen molar-refractivity contribution in [1.29, 1.82) is 0 Å². The Kier molecular flexibility index (Phi) is 6.31. The molecule has 3 rings (SSSR count). The lowest BCUT2D eigenvalue weighted by molar-refractivity contribution is -0.131. The molecule has 0 bridgehead atoms. The average Bonchev–Trinajstić information content (AvgIpc) is 3.09. The number of carbonyl (C=O) groups is 1. The molecule has 1 aliphatic rings. The summed E-state index contributed by atoms with van der Waals surface area (Å²) in [5.74, 6) is 1.91. The molecule has 1 amide bonds. The normalized spacial score (nSPS) is 16.9. The molecule has 0 aromatic heterocycles. The van der Waals surface area contributed by atoms with E-state index in [0.29, 0.717) is 17.9 Å². The molecule has 25 heavy (non-hydrogen) atoms. The van der Waals surface area contributed by atoms with E-state index in [1.165, 1.54) is 0 Å². The second-order valence-corrected chi connectivity index (χ2v) is 8.37. The summed E-state index contributed by atoms with van der Waals surface area (Å²) in [5.41, 5.74) is 2.12. The number of halogens is 2. The van der Waals surface area contributed by atoms with Crippen LogP contribution in [-0.2, 0) is 11.2 Å². The van der Waals surface area contributed by atoms with E-state index < -0.39 is 0 Å². The van der Waals surface area contributed by atoms with Crippen molar-refractivity contribution in [3.05, 3.63) is 63.1 Å². The Morgan fingerprint density at radius 2 is 2.20 bits per heavy atom.